The van der Waals surface area contributed by atoms with E-state index in [0.717, 1.165) is 30.4 Å². The van der Waals surface area contributed by atoms with Crippen LogP contribution in [0.3, 0.4) is 0 Å². The average Bonchev–Trinajstić information content (AvgIpc) is 2.94. The van der Waals surface area contributed by atoms with Crippen molar-refractivity contribution in [1.29, 1.82) is 0 Å². The Morgan fingerprint density at radius 2 is 1.62 bits per heavy atom. The second-order valence-electron chi connectivity index (χ2n) is 9.82. The van der Waals surface area contributed by atoms with Gasteiger partial charge in [-0.1, -0.05) is 73.5 Å². The van der Waals surface area contributed by atoms with E-state index in [1.54, 1.807) is 36.4 Å². The Kier molecular flexibility index (Phi) is 11.4. The number of hydrogen-bond donors (Lipinski definition) is 1. The lowest BCUT2D eigenvalue weighted by atomic mass is 10.0. The van der Waals surface area contributed by atoms with Crippen LogP contribution in [0.15, 0.2) is 78.9 Å². The first-order valence-electron chi connectivity index (χ1n) is 13.3. The van der Waals surface area contributed by atoms with Crippen LogP contribution in [0, 0.1) is 0 Å². The first-order valence-corrected chi connectivity index (χ1v) is 15.5. The molecule has 7 nitrogen and oxygen atoms in total. The van der Waals surface area contributed by atoms with Crippen LogP contribution in [-0.2, 0) is 38.8 Å². The van der Waals surface area contributed by atoms with Crippen LogP contribution >= 0.6 is 11.6 Å². The summed E-state index contributed by atoms with van der Waals surface area (Å²) >= 11 is 6.04. The van der Waals surface area contributed by atoms with Gasteiger partial charge in [0.2, 0.25) is 21.8 Å². The molecule has 0 bridgehead atoms. The molecule has 0 aliphatic rings. The van der Waals surface area contributed by atoms with Crippen LogP contribution in [0.5, 0.6) is 0 Å². The molecule has 12 heteroatoms. The number of anilines is 1. The van der Waals surface area contributed by atoms with Crippen LogP contribution < -0.4 is 9.62 Å². The van der Waals surface area contributed by atoms with E-state index < -0.39 is 46.2 Å². The number of carbonyl (C=O) groups excluding carboxylic acids is 2. The molecule has 1 unspecified atom stereocenters. The molecule has 0 saturated carbocycles. The zero-order valence-electron chi connectivity index (χ0n) is 23.3. The van der Waals surface area contributed by atoms with Crippen LogP contribution in [0.4, 0.5) is 18.9 Å². The lowest BCUT2D eigenvalue weighted by Gasteiger charge is -2.33. The summed E-state index contributed by atoms with van der Waals surface area (Å²) in [4.78, 5) is 28.8. The molecule has 226 valence electrons. The molecule has 0 aliphatic heterocycles. The molecule has 42 heavy (non-hydrogen) atoms. The van der Waals surface area contributed by atoms with Gasteiger partial charge in [0.15, 0.2) is 0 Å². The van der Waals surface area contributed by atoms with Crippen molar-refractivity contribution in [2.24, 2.45) is 0 Å². The maximum Gasteiger partial charge on any atom is 0.416 e. The molecule has 3 rings (SSSR count). The van der Waals surface area contributed by atoms with Crippen LogP contribution in [0.25, 0.3) is 0 Å². The third kappa shape index (κ3) is 9.49. The smallest absolute Gasteiger partial charge is 0.354 e. The molecule has 1 atom stereocenters. The van der Waals surface area contributed by atoms with Gasteiger partial charge >= 0.3 is 6.18 Å². The largest absolute Gasteiger partial charge is 0.416 e. The summed E-state index contributed by atoms with van der Waals surface area (Å²) in [6.07, 6.45) is -2.24. The Labute approximate surface area is 249 Å². The lowest BCUT2D eigenvalue weighted by Crippen LogP contribution is -2.53. The van der Waals surface area contributed by atoms with Crippen molar-refractivity contribution in [2.45, 2.75) is 44.9 Å². The van der Waals surface area contributed by atoms with Gasteiger partial charge in [0, 0.05) is 24.5 Å². The lowest BCUT2D eigenvalue weighted by molar-refractivity contribution is -0.140. The maximum atomic E-state index is 14.0. The van der Waals surface area contributed by atoms with Crippen molar-refractivity contribution in [3.8, 4) is 0 Å². The van der Waals surface area contributed by atoms with Gasteiger partial charge in [-0.05, 0) is 47.9 Å². The fraction of sp³-hybridized carbons (Fsp3) is 0.333. The summed E-state index contributed by atoms with van der Waals surface area (Å²) in [6, 6.07) is 18.3. The number of halogens is 4. The molecule has 0 aliphatic carbocycles. The van der Waals surface area contributed by atoms with Gasteiger partial charge in [-0.2, -0.15) is 13.2 Å². The van der Waals surface area contributed by atoms with E-state index in [1.807, 2.05) is 25.1 Å². The predicted octanol–water partition coefficient (Wildman–Crippen LogP) is 5.68. The number of nitrogens with one attached hydrogen (secondary N) is 1. The van der Waals surface area contributed by atoms with E-state index in [1.165, 1.54) is 11.0 Å². The quantitative estimate of drug-likeness (QED) is 0.248. The molecule has 0 aromatic heterocycles. The fourth-order valence-electron chi connectivity index (χ4n) is 4.30. The number of amides is 2. The van der Waals surface area contributed by atoms with E-state index in [-0.39, 0.29) is 18.7 Å². The summed E-state index contributed by atoms with van der Waals surface area (Å²) in [5.74, 6) is -1.20. The van der Waals surface area contributed by atoms with Gasteiger partial charge in [0.25, 0.3) is 0 Å². The Morgan fingerprint density at radius 3 is 2.21 bits per heavy atom. The summed E-state index contributed by atoms with van der Waals surface area (Å²) in [5.41, 5.74) is 0.00698. The molecule has 0 heterocycles. The van der Waals surface area contributed by atoms with E-state index >= 15 is 0 Å². The third-order valence-corrected chi connectivity index (χ3v) is 7.90. The van der Waals surface area contributed by atoms with Crippen molar-refractivity contribution >= 4 is 39.1 Å². The number of nitrogens with zero attached hydrogens (tertiary/aromatic N) is 2. The molecule has 0 radical (unpaired) electrons. The van der Waals surface area contributed by atoms with E-state index in [4.69, 9.17) is 11.6 Å². The predicted molar refractivity (Wildman–Crippen MR) is 157 cm³/mol. The molecule has 0 fully saturated rings. The number of unbranched alkanes of at least 4 members (excludes halogenated alkanes) is 1. The standard InChI is InChI=1S/C30H33ClF3N3O4S/c1-3-4-17-35-29(39)27(18-22-9-6-5-7-10-22)36(20-23-13-15-25(31)16-14-23)28(38)21-37(42(2,40)41)26-12-8-11-24(19-26)30(32,33)34/h5-16,19,27H,3-4,17-18,20-21H2,1-2H3,(H,35,39). The van der Waals surface area contributed by atoms with Gasteiger partial charge in [0.05, 0.1) is 17.5 Å². The van der Waals surface area contributed by atoms with Gasteiger partial charge < -0.3 is 10.2 Å². The fourth-order valence-corrected chi connectivity index (χ4v) is 5.27. The second kappa shape index (κ2) is 14.6. The van der Waals surface area contributed by atoms with Crippen molar-refractivity contribution in [2.75, 3.05) is 23.7 Å². The first-order chi connectivity index (χ1) is 19.8. The summed E-state index contributed by atoms with van der Waals surface area (Å²) in [6.45, 7) is 1.46. The highest BCUT2D eigenvalue weighted by Gasteiger charge is 2.35. The molecular weight excluding hydrogens is 591 g/mol. The monoisotopic (exact) mass is 623 g/mol. The van der Waals surface area contributed by atoms with Crippen molar-refractivity contribution in [3.05, 3.63) is 101 Å². The molecule has 3 aromatic carbocycles. The number of rotatable bonds is 13. The molecule has 1 N–H and O–H groups in total. The Morgan fingerprint density at radius 1 is 0.952 bits per heavy atom. The number of sulfonamides is 1. The number of alkyl halides is 3. The number of carbonyl (C=O) groups is 2. The minimum absolute atomic E-state index is 0.0745. The highest BCUT2D eigenvalue weighted by molar-refractivity contribution is 7.92. The summed E-state index contributed by atoms with van der Waals surface area (Å²) < 4.78 is 66.5. The normalized spacial score (nSPS) is 12.4. The van der Waals surface area contributed by atoms with E-state index in [0.29, 0.717) is 33.9 Å². The minimum Gasteiger partial charge on any atom is -0.354 e. The molecule has 3 aromatic rings. The van der Waals surface area contributed by atoms with E-state index in [2.05, 4.69) is 5.32 Å². The molecule has 2 amide bonds. The van der Waals surface area contributed by atoms with Crippen molar-refractivity contribution < 1.29 is 31.2 Å². The SMILES string of the molecule is CCCCNC(=O)C(Cc1ccccc1)N(Cc1ccc(Cl)cc1)C(=O)CN(c1cccc(C(F)(F)F)c1)S(C)(=O)=O. The second-order valence-corrected chi connectivity index (χ2v) is 12.2. The highest BCUT2D eigenvalue weighted by atomic mass is 35.5. The van der Waals surface area contributed by atoms with Gasteiger partial charge in [0.1, 0.15) is 12.6 Å². The van der Waals surface area contributed by atoms with E-state index in [9.17, 15) is 31.2 Å². The Balaban J connectivity index is 2.05. The Hall–Kier alpha value is -3.57. The van der Waals surface area contributed by atoms with Gasteiger partial charge in [-0.25, -0.2) is 8.42 Å². The van der Waals surface area contributed by atoms with Crippen LogP contribution in [0.1, 0.15) is 36.5 Å². The van der Waals surface area contributed by atoms with Crippen LogP contribution in [0.2, 0.25) is 5.02 Å². The van der Waals surface area contributed by atoms with Gasteiger partial charge in [-0.15, -0.1) is 0 Å². The third-order valence-electron chi connectivity index (χ3n) is 6.51. The molecule has 0 spiro atoms. The van der Waals surface area contributed by atoms with Crippen molar-refractivity contribution in [3.63, 3.8) is 0 Å². The minimum atomic E-state index is -4.72. The zero-order chi connectivity index (χ0) is 30.9. The first kappa shape index (κ1) is 32.9. The highest BCUT2D eigenvalue weighted by Crippen LogP contribution is 2.32. The molecular formula is C30H33ClF3N3O4S. The van der Waals surface area contributed by atoms with Gasteiger partial charge in [-0.3, -0.25) is 13.9 Å². The summed E-state index contributed by atoms with van der Waals surface area (Å²) in [7, 11) is -4.21. The van der Waals surface area contributed by atoms with Crippen molar-refractivity contribution in [1.82, 2.24) is 10.2 Å². The topological polar surface area (TPSA) is 86.8 Å². The summed E-state index contributed by atoms with van der Waals surface area (Å²) in [5, 5.41) is 3.32. The van der Waals surface area contributed by atoms with Crippen LogP contribution in [-0.4, -0.2) is 50.5 Å². The Bertz CT molecular complexity index is 1450. The molecule has 0 saturated heterocycles. The number of benzene rings is 3. The zero-order valence-corrected chi connectivity index (χ0v) is 24.8. The number of hydrogen-bond acceptors (Lipinski definition) is 4. The average molecular weight is 624 g/mol. The maximum absolute atomic E-state index is 14.0.